The second kappa shape index (κ2) is 5.24. The predicted molar refractivity (Wildman–Crippen MR) is 80.6 cm³/mol. The topological polar surface area (TPSA) is 57.0 Å². The van der Waals surface area contributed by atoms with Gasteiger partial charge in [0.15, 0.2) is 0 Å². The molecule has 0 aliphatic heterocycles. The minimum atomic E-state index is -0.254. The number of furan rings is 1. The molecule has 2 N–H and O–H groups in total. The zero-order valence-electron chi connectivity index (χ0n) is 12.1. The van der Waals surface area contributed by atoms with Crippen LogP contribution in [0.15, 0.2) is 34.9 Å². The van der Waals surface area contributed by atoms with E-state index in [1.807, 2.05) is 16.7 Å². The quantitative estimate of drug-likeness (QED) is 0.793. The molecular weight excluding hydrogens is 269 g/mol. The van der Waals surface area contributed by atoms with Crippen LogP contribution in [0.5, 0.6) is 0 Å². The maximum absolute atomic E-state index is 13.6. The lowest BCUT2D eigenvalue weighted by molar-refractivity contribution is 0.460. The van der Waals surface area contributed by atoms with Crippen LogP contribution in [0.25, 0.3) is 11.0 Å². The van der Waals surface area contributed by atoms with E-state index in [0.717, 1.165) is 24.1 Å². The first-order valence-corrected chi connectivity index (χ1v) is 7.02. The van der Waals surface area contributed by atoms with Crippen LogP contribution in [0.1, 0.15) is 30.7 Å². The molecule has 0 fully saturated rings. The van der Waals surface area contributed by atoms with Gasteiger partial charge in [0.05, 0.1) is 17.3 Å². The van der Waals surface area contributed by atoms with Crippen LogP contribution in [0.2, 0.25) is 0 Å². The highest BCUT2D eigenvalue weighted by Gasteiger charge is 2.16. The second-order valence-electron chi connectivity index (χ2n) is 5.40. The molecule has 4 nitrogen and oxygen atoms in total. The Kier molecular flexibility index (Phi) is 3.41. The third-order valence-electron chi connectivity index (χ3n) is 3.83. The molecule has 0 aliphatic carbocycles. The summed E-state index contributed by atoms with van der Waals surface area (Å²) in [7, 11) is 0. The van der Waals surface area contributed by atoms with E-state index in [4.69, 9.17) is 10.2 Å². The zero-order chi connectivity index (χ0) is 15.0. The van der Waals surface area contributed by atoms with Crippen molar-refractivity contribution in [3.63, 3.8) is 0 Å². The van der Waals surface area contributed by atoms with Gasteiger partial charge in [0.1, 0.15) is 11.6 Å². The molecule has 0 bridgehead atoms. The maximum atomic E-state index is 13.6. The van der Waals surface area contributed by atoms with Gasteiger partial charge in [-0.1, -0.05) is 0 Å². The standard InChI is InChI=1S/C16H18FN3O/c1-10-8-15-14(9-13(10)17)19-16(18)20(15)11(2)5-6-12-4-3-7-21-12/h3-4,7-9,11H,5-6H2,1-2H3,(H2,18,19). The number of nitrogens with zero attached hydrogens (tertiary/aromatic N) is 2. The Morgan fingerprint density at radius 1 is 1.43 bits per heavy atom. The van der Waals surface area contributed by atoms with E-state index in [9.17, 15) is 4.39 Å². The molecule has 2 heterocycles. The van der Waals surface area contributed by atoms with Crippen molar-refractivity contribution in [1.82, 2.24) is 9.55 Å². The van der Waals surface area contributed by atoms with Crippen LogP contribution in [0.3, 0.4) is 0 Å². The number of rotatable bonds is 4. The van der Waals surface area contributed by atoms with Gasteiger partial charge < -0.3 is 14.7 Å². The van der Waals surface area contributed by atoms with Crippen molar-refractivity contribution in [2.45, 2.75) is 32.7 Å². The Bertz CT molecular complexity index is 762. The number of hydrogen-bond donors (Lipinski definition) is 1. The average Bonchev–Trinajstić information content (AvgIpc) is 3.04. The summed E-state index contributed by atoms with van der Waals surface area (Å²) in [5.74, 6) is 1.12. The van der Waals surface area contributed by atoms with Gasteiger partial charge in [0.25, 0.3) is 0 Å². The number of benzene rings is 1. The normalized spacial score (nSPS) is 12.9. The largest absolute Gasteiger partial charge is 0.469 e. The van der Waals surface area contributed by atoms with E-state index < -0.39 is 0 Å². The molecule has 2 aromatic heterocycles. The van der Waals surface area contributed by atoms with Crippen LogP contribution < -0.4 is 5.73 Å². The molecule has 0 radical (unpaired) electrons. The fourth-order valence-corrected chi connectivity index (χ4v) is 2.64. The van der Waals surface area contributed by atoms with Crippen LogP contribution >= 0.6 is 0 Å². The molecule has 3 rings (SSSR count). The Morgan fingerprint density at radius 3 is 2.95 bits per heavy atom. The highest BCUT2D eigenvalue weighted by molar-refractivity contribution is 5.79. The molecule has 1 atom stereocenters. The summed E-state index contributed by atoms with van der Waals surface area (Å²) in [6.45, 7) is 3.83. The first kappa shape index (κ1) is 13.7. The molecule has 0 spiro atoms. The number of nitrogens with two attached hydrogens (primary N) is 1. The lowest BCUT2D eigenvalue weighted by Gasteiger charge is -2.15. The van der Waals surface area contributed by atoms with E-state index in [1.54, 1.807) is 19.3 Å². The van der Waals surface area contributed by atoms with Crippen LogP contribution in [0.4, 0.5) is 10.3 Å². The SMILES string of the molecule is Cc1cc2c(cc1F)nc(N)n2C(C)CCc1ccco1. The second-order valence-corrected chi connectivity index (χ2v) is 5.40. The van der Waals surface area contributed by atoms with Crippen molar-refractivity contribution in [2.75, 3.05) is 5.73 Å². The number of imidazole rings is 1. The first-order chi connectivity index (χ1) is 10.1. The fraction of sp³-hybridized carbons (Fsp3) is 0.312. The molecule has 3 aromatic rings. The third kappa shape index (κ3) is 2.51. The Morgan fingerprint density at radius 2 is 2.24 bits per heavy atom. The monoisotopic (exact) mass is 287 g/mol. The van der Waals surface area contributed by atoms with Crippen molar-refractivity contribution in [3.8, 4) is 0 Å². The molecule has 1 unspecified atom stereocenters. The zero-order valence-corrected chi connectivity index (χ0v) is 12.1. The number of nitrogen functional groups attached to an aromatic ring is 1. The summed E-state index contributed by atoms with van der Waals surface area (Å²) in [5, 5.41) is 0. The van der Waals surface area contributed by atoms with E-state index in [0.29, 0.717) is 17.0 Å². The van der Waals surface area contributed by atoms with Crippen molar-refractivity contribution in [3.05, 3.63) is 47.7 Å². The van der Waals surface area contributed by atoms with Crippen molar-refractivity contribution in [1.29, 1.82) is 0 Å². The molecule has 21 heavy (non-hydrogen) atoms. The Labute approximate surface area is 122 Å². The average molecular weight is 287 g/mol. The van der Waals surface area contributed by atoms with E-state index in [1.165, 1.54) is 6.07 Å². The van der Waals surface area contributed by atoms with Gasteiger partial charge in [-0.3, -0.25) is 0 Å². The smallest absolute Gasteiger partial charge is 0.201 e. The molecule has 0 amide bonds. The molecule has 110 valence electrons. The number of hydrogen-bond acceptors (Lipinski definition) is 3. The van der Waals surface area contributed by atoms with Gasteiger partial charge in [-0.15, -0.1) is 0 Å². The number of aryl methyl sites for hydroxylation is 2. The van der Waals surface area contributed by atoms with Crippen molar-refractivity contribution in [2.24, 2.45) is 0 Å². The first-order valence-electron chi connectivity index (χ1n) is 7.02. The van der Waals surface area contributed by atoms with Crippen molar-refractivity contribution < 1.29 is 8.81 Å². The number of anilines is 1. The maximum Gasteiger partial charge on any atom is 0.201 e. The Hall–Kier alpha value is -2.30. The van der Waals surface area contributed by atoms with Crippen LogP contribution in [-0.2, 0) is 6.42 Å². The van der Waals surface area contributed by atoms with Crippen LogP contribution in [-0.4, -0.2) is 9.55 Å². The summed E-state index contributed by atoms with van der Waals surface area (Å²) in [5.41, 5.74) is 8.08. The summed E-state index contributed by atoms with van der Waals surface area (Å²) >= 11 is 0. The van der Waals surface area contributed by atoms with Gasteiger partial charge in [-0.25, -0.2) is 9.37 Å². The van der Waals surface area contributed by atoms with Crippen LogP contribution in [0, 0.1) is 12.7 Å². The summed E-state index contributed by atoms with van der Waals surface area (Å²) in [6.07, 6.45) is 3.38. The third-order valence-corrected chi connectivity index (χ3v) is 3.83. The molecule has 5 heteroatoms. The van der Waals surface area contributed by atoms with Gasteiger partial charge in [-0.05, 0) is 44.0 Å². The summed E-state index contributed by atoms with van der Waals surface area (Å²) < 4.78 is 20.9. The van der Waals surface area contributed by atoms with E-state index in [2.05, 4.69) is 11.9 Å². The number of halogens is 1. The summed E-state index contributed by atoms with van der Waals surface area (Å²) in [6, 6.07) is 7.24. The van der Waals surface area contributed by atoms with E-state index >= 15 is 0 Å². The van der Waals surface area contributed by atoms with Gasteiger partial charge >= 0.3 is 0 Å². The van der Waals surface area contributed by atoms with Gasteiger partial charge in [0.2, 0.25) is 5.95 Å². The molecule has 0 aliphatic rings. The van der Waals surface area contributed by atoms with Crippen molar-refractivity contribution >= 4 is 17.0 Å². The summed E-state index contributed by atoms with van der Waals surface area (Å²) in [4.78, 5) is 4.26. The lowest BCUT2D eigenvalue weighted by Crippen LogP contribution is -2.09. The highest BCUT2D eigenvalue weighted by atomic mass is 19.1. The minimum absolute atomic E-state index is 0.157. The Balaban J connectivity index is 1.91. The highest BCUT2D eigenvalue weighted by Crippen LogP contribution is 2.27. The molecular formula is C16H18FN3O. The fourth-order valence-electron chi connectivity index (χ4n) is 2.64. The minimum Gasteiger partial charge on any atom is -0.469 e. The lowest BCUT2D eigenvalue weighted by atomic mass is 10.1. The molecule has 0 saturated carbocycles. The van der Waals surface area contributed by atoms with E-state index in [-0.39, 0.29) is 11.9 Å². The number of aromatic nitrogens is 2. The number of fused-ring (bicyclic) bond motifs is 1. The molecule has 0 saturated heterocycles. The van der Waals surface area contributed by atoms with Gasteiger partial charge in [0, 0.05) is 18.5 Å². The van der Waals surface area contributed by atoms with Gasteiger partial charge in [-0.2, -0.15) is 0 Å². The molecule has 1 aromatic carbocycles. The predicted octanol–water partition coefficient (Wildman–Crippen LogP) is 3.85.